The molecule has 2 aromatic rings. The second-order valence-electron chi connectivity index (χ2n) is 4.18. The quantitative estimate of drug-likeness (QED) is 0.705. The van der Waals surface area contributed by atoms with Crippen molar-refractivity contribution in [2.75, 3.05) is 11.9 Å². The minimum absolute atomic E-state index is 0.168. The van der Waals surface area contributed by atoms with Crippen LogP contribution in [0.3, 0.4) is 0 Å². The van der Waals surface area contributed by atoms with Crippen molar-refractivity contribution >= 4 is 54.8 Å². The van der Waals surface area contributed by atoms with Crippen molar-refractivity contribution in [3.05, 3.63) is 48.5 Å². The van der Waals surface area contributed by atoms with Gasteiger partial charge in [-0.25, -0.2) is 0 Å². The lowest BCUT2D eigenvalue weighted by atomic mass is 10.1. The number of carbonyl (C=O) groups is 1. The van der Waals surface area contributed by atoms with Gasteiger partial charge in [-0.15, -0.1) is 11.3 Å². The number of aryl methyl sites for hydroxylation is 1. The van der Waals surface area contributed by atoms with E-state index in [1.165, 1.54) is 11.3 Å². The Morgan fingerprint density at radius 2 is 2.14 bits per heavy atom. The molecule has 1 amide bonds. The van der Waals surface area contributed by atoms with Crippen LogP contribution in [0.4, 0.5) is 5.69 Å². The topological polar surface area (TPSA) is 49.3 Å². The standard InChI is InChI=1S/C15H11Br2NO2S/c1-9-7-11(5-4-10(9)3-2-6-19)18-15(20)12-8-13(16)21-14(12)17/h4-5,7-8,19H,6H2,1H3,(H,18,20). The lowest BCUT2D eigenvalue weighted by molar-refractivity contribution is 0.102. The normalized spacial score (nSPS) is 9.90. The summed E-state index contributed by atoms with van der Waals surface area (Å²) in [4.78, 5) is 12.2. The van der Waals surface area contributed by atoms with Gasteiger partial charge < -0.3 is 10.4 Å². The maximum Gasteiger partial charge on any atom is 0.257 e. The monoisotopic (exact) mass is 427 g/mol. The number of nitrogens with one attached hydrogen (secondary N) is 1. The fourth-order valence-corrected chi connectivity index (χ4v) is 4.50. The summed E-state index contributed by atoms with van der Waals surface area (Å²) in [6.45, 7) is 1.74. The van der Waals surface area contributed by atoms with Crippen LogP contribution in [0.1, 0.15) is 21.5 Å². The maximum atomic E-state index is 12.2. The molecule has 3 nitrogen and oxygen atoms in total. The van der Waals surface area contributed by atoms with Crippen molar-refractivity contribution in [3.63, 3.8) is 0 Å². The van der Waals surface area contributed by atoms with Crippen LogP contribution in [-0.2, 0) is 0 Å². The second-order valence-corrected chi connectivity index (χ2v) is 7.93. The molecular formula is C15H11Br2NO2S. The summed E-state index contributed by atoms with van der Waals surface area (Å²) < 4.78 is 1.68. The predicted octanol–water partition coefficient (Wildman–Crippen LogP) is 4.18. The molecule has 0 atom stereocenters. The van der Waals surface area contributed by atoms with Gasteiger partial charge in [0.15, 0.2) is 0 Å². The number of amides is 1. The Balaban J connectivity index is 2.18. The largest absolute Gasteiger partial charge is 0.384 e. The van der Waals surface area contributed by atoms with Crippen molar-refractivity contribution in [1.29, 1.82) is 0 Å². The Bertz CT molecular complexity index is 744. The van der Waals surface area contributed by atoms with E-state index < -0.39 is 0 Å². The first-order valence-electron chi connectivity index (χ1n) is 5.98. The number of halogens is 2. The molecule has 6 heteroatoms. The first-order chi connectivity index (χ1) is 10.0. The molecule has 0 saturated heterocycles. The predicted molar refractivity (Wildman–Crippen MR) is 92.8 cm³/mol. The molecule has 0 saturated carbocycles. The molecule has 1 aromatic carbocycles. The van der Waals surface area contributed by atoms with Crippen LogP contribution < -0.4 is 5.32 Å². The molecule has 1 aromatic heterocycles. The third-order valence-electron chi connectivity index (χ3n) is 2.69. The summed E-state index contributed by atoms with van der Waals surface area (Å²) in [6, 6.07) is 7.25. The van der Waals surface area contributed by atoms with Gasteiger partial charge in [0, 0.05) is 11.3 Å². The number of aliphatic hydroxyl groups excluding tert-OH is 1. The smallest absolute Gasteiger partial charge is 0.257 e. The van der Waals surface area contributed by atoms with Gasteiger partial charge in [-0.2, -0.15) is 0 Å². The van der Waals surface area contributed by atoms with Gasteiger partial charge in [-0.05, 0) is 68.6 Å². The zero-order chi connectivity index (χ0) is 15.4. The molecule has 0 aliphatic rings. The van der Waals surface area contributed by atoms with Gasteiger partial charge in [-0.1, -0.05) is 11.8 Å². The Kier molecular flexibility index (Phi) is 5.59. The molecule has 0 fully saturated rings. The number of anilines is 1. The molecule has 1 heterocycles. The summed E-state index contributed by atoms with van der Waals surface area (Å²) in [7, 11) is 0. The van der Waals surface area contributed by atoms with E-state index in [9.17, 15) is 4.79 Å². The van der Waals surface area contributed by atoms with Gasteiger partial charge in [0.2, 0.25) is 0 Å². The molecule has 0 aliphatic carbocycles. The minimum atomic E-state index is -0.169. The highest BCUT2D eigenvalue weighted by Gasteiger charge is 2.14. The van der Waals surface area contributed by atoms with Crippen LogP contribution in [-0.4, -0.2) is 17.6 Å². The van der Waals surface area contributed by atoms with Gasteiger partial charge >= 0.3 is 0 Å². The highest BCUT2D eigenvalue weighted by molar-refractivity contribution is 9.12. The number of thiophene rings is 1. The first kappa shape index (κ1) is 16.2. The zero-order valence-electron chi connectivity index (χ0n) is 11.0. The van der Waals surface area contributed by atoms with E-state index in [-0.39, 0.29) is 12.5 Å². The van der Waals surface area contributed by atoms with E-state index in [0.717, 1.165) is 18.7 Å². The number of hydrogen-bond donors (Lipinski definition) is 2. The average Bonchev–Trinajstić information content (AvgIpc) is 2.77. The molecule has 0 aliphatic heterocycles. The van der Waals surface area contributed by atoms with E-state index >= 15 is 0 Å². The third kappa shape index (κ3) is 4.17. The van der Waals surface area contributed by atoms with E-state index in [1.54, 1.807) is 12.1 Å². The van der Waals surface area contributed by atoms with Crippen LogP contribution in [0.2, 0.25) is 0 Å². The molecule has 2 rings (SSSR count). The van der Waals surface area contributed by atoms with E-state index in [4.69, 9.17) is 5.11 Å². The lowest BCUT2D eigenvalue weighted by Crippen LogP contribution is -2.11. The van der Waals surface area contributed by atoms with E-state index in [2.05, 4.69) is 49.0 Å². The number of carbonyl (C=O) groups excluding carboxylic acids is 1. The van der Waals surface area contributed by atoms with Crippen LogP contribution in [0.25, 0.3) is 0 Å². The lowest BCUT2D eigenvalue weighted by Gasteiger charge is -2.06. The molecule has 0 spiro atoms. The molecular weight excluding hydrogens is 418 g/mol. The highest BCUT2D eigenvalue weighted by Crippen LogP contribution is 2.32. The minimum Gasteiger partial charge on any atom is -0.384 e. The van der Waals surface area contributed by atoms with Crippen LogP contribution in [0.5, 0.6) is 0 Å². The summed E-state index contributed by atoms with van der Waals surface area (Å²) in [5.41, 5.74) is 3.08. The van der Waals surface area contributed by atoms with Gasteiger partial charge in [0.25, 0.3) is 5.91 Å². The van der Waals surface area contributed by atoms with Crippen LogP contribution >= 0.6 is 43.2 Å². The number of hydrogen-bond acceptors (Lipinski definition) is 3. The number of rotatable bonds is 2. The number of aliphatic hydroxyl groups is 1. The van der Waals surface area contributed by atoms with Crippen molar-refractivity contribution < 1.29 is 9.90 Å². The van der Waals surface area contributed by atoms with Crippen molar-refractivity contribution in [2.24, 2.45) is 0 Å². The molecule has 0 unspecified atom stereocenters. The molecule has 0 bridgehead atoms. The Morgan fingerprint density at radius 1 is 1.38 bits per heavy atom. The molecule has 108 valence electrons. The van der Waals surface area contributed by atoms with Gasteiger partial charge in [0.05, 0.1) is 13.1 Å². The van der Waals surface area contributed by atoms with Gasteiger partial charge in [-0.3, -0.25) is 4.79 Å². The van der Waals surface area contributed by atoms with Crippen LogP contribution in [0.15, 0.2) is 31.8 Å². The SMILES string of the molecule is Cc1cc(NC(=O)c2cc(Br)sc2Br)ccc1C#CCO. The average molecular weight is 429 g/mol. The summed E-state index contributed by atoms with van der Waals surface area (Å²) in [6.07, 6.45) is 0. The summed E-state index contributed by atoms with van der Waals surface area (Å²) in [5, 5.41) is 11.6. The van der Waals surface area contributed by atoms with E-state index in [1.807, 2.05) is 19.1 Å². The zero-order valence-corrected chi connectivity index (χ0v) is 15.0. The van der Waals surface area contributed by atoms with Gasteiger partial charge in [0.1, 0.15) is 6.61 Å². The third-order valence-corrected chi connectivity index (χ3v) is 5.03. The van der Waals surface area contributed by atoms with Crippen LogP contribution in [0, 0.1) is 18.8 Å². The molecule has 21 heavy (non-hydrogen) atoms. The van der Waals surface area contributed by atoms with Crippen molar-refractivity contribution in [1.82, 2.24) is 0 Å². The second kappa shape index (κ2) is 7.23. The Hall–Kier alpha value is -1.13. The fourth-order valence-electron chi connectivity index (χ4n) is 1.71. The summed E-state index contributed by atoms with van der Waals surface area (Å²) >= 11 is 8.18. The Labute approximate surface area is 143 Å². The Morgan fingerprint density at radius 3 is 2.71 bits per heavy atom. The highest BCUT2D eigenvalue weighted by atomic mass is 79.9. The number of benzene rings is 1. The fraction of sp³-hybridized carbons (Fsp3) is 0.133. The summed E-state index contributed by atoms with van der Waals surface area (Å²) in [5.74, 6) is 5.30. The molecule has 0 radical (unpaired) electrons. The first-order valence-corrected chi connectivity index (χ1v) is 8.38. The van der Waals surface area contributed by atoms with E-state index in [0.29, 0.717) is 11.3 Å². The molecule has 2 N–H and O–H groups in total. The maximum absolute atomic E-state index is 12.2. The van der Waals surface area contributed by atoms with Crippen molar-refractivity contribution in [2.45, 2.75) is 6.92 Å². The van der Waals surface area contributed by atoms with Crippen molar-refractivity contribution in [3.8, 4) is 11.8 Å².